The number of nitrogens with zero attached hydrogens (tertiary/aromatic N) is 1. The Morgan fingerprint density at radius 2 is 1.87 bits per heavy atom. The van der Waals surface area contributed by atoms with Crippen molar-refractivity contribution in [2.75, 3.05) is 36.3 Å². The lowest BCUT2D eigenvalue weighted by Gasteiger charge is -2.14. The lowest BCUT2D eigenvalue weighted by atomic mass is 10.1. The van der Waals surface area contributed by atoms with E-state index < -0.39 is 0 Å². The summed E-state index contributed by atoms with van der Waals surface area (Å²) in [5.41, 5.74) is 9.49. The molecule has 0 aliphatic heterocycles. The number of methoxy groups -OCH3 is 1. The van der Waals surface area contributed by atoms with Crippen LogP contribution in [0.4, 0.5) is 17.1 Å². The number of aliphatic hydroxyl groups excluding tert-OH is 1. The maximum atomic E-state index is 12.6. The summed E-state index contributed by atoms with van der Waals surface area (Å²) in [4.78, 5) is 28.6. The van der Waals surface area contributed by atoms with Crippen LogP contribution in [0.2, 0.25) is 0 Å². The molecule has 0 saturated heterocycles. The summed E-state index contributed by atoms with van der Waals surface area (Å²) in [5.74, 6) is -0.209. The van der Waals surface area contributed by atoms with Gasteiger partial charge in [0, 0.05) is 23.2 Å². The summed E-state index contributed by atoms with van der Waals surface area (Å²) in [5, 5.41) is 16.3. The van der Waals surface area contributed by atoms with Gasteiger partial charge in [0.25, 0.3) is 11.8 Å². The zero-order valence-electron chi connectivity index (χ0n) is 16.1. The van der Waals surface area contributed by atoms with Gasteiger partial charge < -0.3 is 20.5 Å². The topological polar surface area (TPSA) is 125 Å². The van der Waals surface area contributed by atoms with Gasteiger partial charge in [0.05, 0.1) is 30.6 Å². The molecule has 0 unspecified atom stereocenters. The normalized spacial score (nSPS) is 10.2. The Kier molecular flexibility index (Phi) is 7.19. The van der Waals surface area contributed by atoms with Gasteiger partial charge in [0.15, 0.2) is 0 Å². The van der Waals surface area contributed by atoms with E-state index in [1.165, 1.54) is 18.4 Å². The molecule has 10 heteroatoms. The zero-order chi connectivity index (χ0) is 21.3. The maximum absolute atomic E-state index is 12.6. The average Bonchev–Trinajstić information content (AvgIpc) is 3.31. The predicted molar refractivity (Wildman–Crippen MR) is 116 cm³/mol. The molecule has 1 aromatic heterocycles. The first kappa shape index (κ1) is 21.1. The lowest BCUT2D eigenvalue weighted by Crippen LogP contribution is -2.29. The van der Waals surface area contributed by atoms with Crippen LogP contribution in [-0.2, 0) is 0 Å². The van der Waals surface area contributed by atoms with Crippen LogP contribution >= 0.6 is 11.3 Å². The molecule has 3 aromatic rings. The highest BCUT2D eigenvalue weighted by atomic mass is 32.1. The molecule has 30 heavy (non-hydrogen) atoms. The molecule has 0 radical (unpaired) electrons. The van der Waals surface area contributed by atoms with Gasteiger partial charge in [-0.05, 0) is 42.5 Å². The second-order valence-corrected chi connectivity index (χ2v) is 6.77. The summed E-state index contributed by atoms with van der Waals surface area (Å²) in [6.07, 6.45) is 0. The van der Waals surface area contributed by atoms with Crippen LogP contribution in [0.3, 0.4) is 0 Å². The Balaban J connectivity index is 1.67. The number of ether oxygens (including phenoxy) is 1. The number of nitrogens with one attached hydrogen (secondary N) is 4. The molecular weight excluding hydrogens is 406 g/mol. The fourth-order valence-corrected chi connectivity index (χ4v) is 3.07. The summed E-state index contributed by atoms with van der Waals surface area (Å²) in [6.45, 7) is 0.457. The number of hydrogen-bond donors (Lipinski definition) is 5. The molecular formula is C20H21N5O4S. The van der Waals surface area contributed by atoms with E-state index in [9.17, 15) is 9.59 Å². The molecule has 3 rings (SSSR count). The van der Waals surface area contributed by atoms with E-state index in [1.54, 1.807) is 53.4 Å². The van der Waals surface area contributed by atoms with Crippen molar-refractivity contribution < 1.29 is 19.4 Å². The van der Waals surface area contributed by atoms with E-state index in [2.05, 4.69) is 26.5 Å². The highest BCUT2D eigenvalue weighted by Gasteiger charge is 2.12. The molecule has 0 bridgehead atoms. The molecule has 0 spiro atoms. The van der Waals surface area contributed by atoms with Crippen LogP contribution in [0, 0.1) is 0 Å². The predicted octanol–water partition coefficient (Wildman–Crippen LogP) is 2.57. The van der Waals surface area contributed by atoms with Crippen molar-refractivity contribution in [2.24, 2.45) is 0 Å². The first-order valence-electron chi connectivity index (χ1n) is 8.99. The fraction of sp³-hybridized carbons (Fsp3) is 0.150. The highest BCUT2D eigenvalue weighted by Crippen LogP contribution is 2.28. The number of carbonyl (C=O) groups excluding carboxylic acids is 2. The average molecular weight is 427 g/mol. The summed E-state index contributed by atoms with van der Waals surface area (Å²) in [7, 11) is 1.50. The van der Waals surface area contributed by atoms with Gasteiger partial charge in [-0.25, -0.2) is 4.98 Å². The van der Waals surface area contributed by atoms with Crippen LogP contribution in [0.1, 0.15) is 20.8 Å². The number of aliphatic hydroxyl groups is 1. The molecule has 9 nitrogen and oxygen atoms in total. The minimum atomic E-state index is -0.368. The number of carbonyl (C=O) groups is 2. The van der Waals surface area contributed by atoms with E-state index in [0.29, 0.717) is 34.9 Å². The number of anilines is 3. The lowest BCUT2D eigenvalue weighted by molar-refractivity contribution is 0.0957. The van der Waals surface area contributed by atoms with Crippen molar-refractivity contribution >= 4 is 40.2 Å². The SMILES string of the molecule is COc1ccc(NNC(=O)c2cscn2)cc1NC(=O)c1ccc(NCCO)cc1. The molecule has 2 aromatic carbocycles. The van der Waals surface area contributed by atoms with Gasteiger partial charge in [-0.1, -0.05) is 0 Å². The Bertz CT molecular complexity index is 993. The summed E-state index contributed by atoms with van der Waals surface area (Å²) in [6, 6.07) is 11.9. The highest BCUT2D eigenvalue weighted by molar-refractivity contribution is 7.07. The van der Waals surface area contributed by atoms with Crippen molar-refractivity contribution in [3.8, 4) is 5.75 Å². The van der Waals surface area contributed by atoms with Crippen LogP contribution in [-0.4, -0.2) is 42.2 Å². The molecule has 156 valence electrons. The smallest absolute Gasteiger partial charge is 0.289 e. The first-order chi connectivity index (χ1) is 14.6. The van der Waals surface area contributed by atoms with E-state index >= 15 is 0 Å². The Morgan fingerprint density at radius 3 is 2.53 bits per heavy atom. The van der Waals surface area contributed by atoms with Crippen molar-refractivity contribution in [1.29, 1.82) is 0 Å². The number of aromatic nitrogens is 1. The Hall–Kier alpha value is -3.63. The minimum absolute atomic E-state index is 0.0244. The molecule has 0 aliphatic carbocycles. The summed E-state index contributed by atoms with van der Waals surface area (Å²) < 4.78 is 5.31. The third-order valence-corrected chi connectivity index (χ3v) is 4.61. The molecule has 0 saturated carbocycles. The second kappa shape index (κ2) is 10.2. The minimum Gasteiger partial charge on any atom is -0.495 e. The van der Waals surface area contributed by atoms with Gasteiger partial charge in [-0.2, -0.15) is 0 Å². The third-order valence-electron chi connectivity index (χ3n) is 4.02. The molecule has 1 heterocycles. The Labute approximate surface area is 177 Å². The zero-order valence-corrected chi connectivity index (χ0v) is 17.0. The Morgan fingerprint density at radius 1 is 1.10 bits per heavy atom. The molecule has 0 aliphatic rings. The van der Waals surface area contributed by atoms with Crippen LogP contribution in [0.15, 0.2) is 53.4 Å². The third kappa shape index (κ3) is 5.46. The van der Waals surface area contributed by atoms with Crippen LogP contribution in [0.25, 0.3) is 0 Å². The summed E-state index contributed by atoms with van der Waals surface area (Å²) >= 11 is 1.33. The standard InChI is InChI=1S/C20H21N5O4S/c1-29-18-7-6-15(24-25-20(28)17-11-30-12-22-17)10-16(18)23-19(27)13-2-4-14(5-3-13)21-8-9-26/h2-7,10-12,21,24,26H,8-9H2,1H3,(H,23,27)(H,25,28). The molecule has 0 atom stereocenters. The van der Waals surface area contributed by atoms with Crippen LogP contribution < -0.4 is 26.2 Å². The van der Waals surface area contributed by atoms with Gasteiger partial charge in [0.2, 0.25) is 0 Å². The molecule has 2 amide bonds. The van der Waals surface area contributed by atoms with E-state index in [-0.39, 0.29) is 18.4 Å². The number of rotatable bonds is 9. The largest absolute Gasteiger partial charge is 0.495 e. The van der Waals surface area contributed by atoms with Crippen LogP contribution in [0.5, 0.6) is 5.75 Å². The number of thiazole rings is 1. The number of hydrazine groups is 1. The second-order valence-electron chi connectivity index (χ2n) is 6.05. The van der Waals surface area contributed by atoms with Crippen molar-refractivity contribution in [3.63, 3.8) is 0 Å². The van der Waals surface area contributed by atoms with Gasteiger partial charge >= 0.3 is 0 Å². The number of hydrogen-bond acceptors (Lipinski definition) is 8. The quantitative estimate of drug-likeness (QED) is 0.332. The number of benzene rings is 2. The number of amides is 2. The molecule has 0 fully saturated rings. The van der Waals surface area contributed by atoms with Gasteiger partial charge in [-0.15, -0.1) is 11.3 Å². The van der Waals surface area contributed by atoms with Crippen molar-refractivity contribution in [3.05, 3.63) is 64.6 Å². The van der Waals surface area contributed by atoms with E-state index in [1.807, 2.05) is 0 Å². The van der Waals surface area contributed by atoms with Gasteiger partial charge in [0.1, 0.15) is 11.4 Å². The van der Waals surface area contributed by atoms with E-state index in [4.69, 9.17) is 9.84 Å². The maximum Gasteiger partial charge on any atom is 0.289 e. The molecule has 5 N–H and O–H groups in total. The first-order valence-corrected chi connectivity index (χ1v) is 9.93. The fourth-order valence-electron chi connectivity index (χ4n) is 2.54. The van der Waals surface area contributed by atoms with Crippen molar-refractivity contribution in [1.82, 2.24) is 10.4 Å². The van der Waals surface area contributed by atoms with E-state index in [0.717, 1.165) is 5.69 Å². The monoisotopic (exact) mass is 427 g/mol. The van der Waals surface area contributed by atoms with Gasteiger partial charge in [-0.3, -0.25) is 20.4 Å². The van der Waals surface area contributed by atoms with Crippen molar-refractivity contribution in [2.45, 2.75) is 0 Å².